The predicted octanol–water partition coefficient (Wildman–Crippen LogP) is 4.39. The van der Waals surface area contributed by atoms with Gasteiger partial charge in [-0.1, -0.05) is 0 Å². The van der Waals surface area contributed by atoms with Gasteiger partial charge in [0.2, 0.25) is 0 Å². The van der Waals surface area contributed by atoms with E-state index in [1.54, 1.807) is 7.11 Å². The van der Waals surface area contributed by atoms with Crippen LogP contribution in [0.4, 0.5) is 0 Å². The van der Waals surface area contributed by atoms with Crippen LogP contribution in [-0.4, -0.2) is 16.5 Å². The number of ether oxygens (including phenoxy) is 1. The molecule has 0 atom stereocenters. The Hall–Kier alpha value is -1.81. The fourth-order valence-corrected chi connectivity index (χ4v) is 2.95. The van der Waals surface area contributed by atoms with E-state index in [1.807, 2.05) is 24.3 Å². The Kier molecular flexibility index (Phi) is 3.26. The Balaban J connectivity index is 2.20. The Morgan fingerprint density at radius 1 is 1.15 bits per heavy atom. The Morgan fingerprint density at radius 3 is 2.50 bits per heavy atom. The largest absolute Gasteiger partial charge is 0.497 e. The van der Waals surface area contributed by atoms with Crippen molar-refractivity contribution in [2.45, 2.75) is 13.8 Å². The summed E-state index contributed by atoms with van der Waals surface area (Å²) in [6.45, 7) is 4.16. The third kappa shape index (κ3) is 2.10. The number of hydrogen-bond acceptors (Lipinski definition) is 2. The van der Waals surface area contributed by atoms with Crippen molar-refractivity contribution < 1.29 is 4.74 Å². The summed E-state index contributed by atoms with van der Waals surface area (Å²) in [5, 5.41) is 0. The van der Waals surface area contributed by atoms with Gasteiger partial charge in [0.15, 0.2) is 0 Å². The zero-order valence-corrected chi connectivity index (χ0v) is 13.2. The molecule has 3 nitrogen and oxygen atoms in total. The van der Waals surface area contributed by atoms with Crippen LogP contribution in [0.25, 0.3) is 16.9 Å². The first kappa shape index (κ1) is 13.2. The molecule has 1 aromatic carbocycles. The fraction of sp³-hybridized carbons (Fsp3) is 0.188. The van der Waals surface area contributed by atoms with Crippen LogP contribution >= 0.6 is 15.9 Å². The maximum absolute atomic E-state index is 5.20. The lowest BCUT2D eigenvalue weighted by Crippen LogP contribution is -1.90. The number of hydrogen-bond donors (Lipinski definition) is 0. The Morgan fingerprint density at radius 2 is 1.85 bits per heavy atom. The second-order valence-corrected chi connectivity index (χ2v) is 5.72. The van der Waals surface area contributed by atoms with E-state index in [9.17, 15) is 0 Å². The number of fused-ring (bicyclic) bond motifs is 1. The number of aromatic nitrogens is 2. The highest BCUT2D eigenvalue weighted by molar-refractivity contribution is 9.10. The number of benzene rings is 1. The van der Waals surface area contributed by atoms with Gasteiger partial charge < -0.3 is 9.14 Å². The first-order valence-electron chi connectivity index (χ1n) is 6.39. The van der Waals surface area contributed by atoms with Crippen molar-refractivity contribution in [1.29, 1.82) is 0 Å². The van der Waals surface area contributed by atoms with E-state index in [0.29, 0.717) is 0 Å². The molecule has 0 aliphatic carbocycles. The summed E-state index contributed by atoms with van der Waals surface area (Å²) in [4.78, 5) is 4.78. The molecule has 102 valence electrons. The molecule has 0 N–H and O–H groups in total. The SMILES string of the molecule is COc1ccc(-c2nc3c(C)cc(Br)cn3c2C)cc1. The zero-order chi connectivity index (χ0) is 14.3. The zero-order valence-electron chi connectivity index (χ0n) is 11.6. The molecule has 0 aliphatic rings. The van der Waals surface area contributed by atoms with E-state index in [1.165, 1.54) is 0 Å². The van der Waals surface area contributed by atoms with Crippen molar-refractivity contribution in [1.82, 2.24) is 9.38 Å². The van der Waals surface area contributed by atoms with Crippen molar-refractivity contribution in [3.8, 4) is 17.0 Å². The van der Waals surface area contributed by atoms with Crippen molar-refractivity contribution in [2.24, 2.45) is 0 Å². The number of imidazole rings is 1. The lowest BCUT2D eigenvalue weighted by molar-refractivity contribution is 0.415. The standard InChI is InChI=1S/C16H15BrN2O/c1-10-8-13(17)9-19-11(2)15(18-16(10)19)12-4-6-14(20-3)7-5-12/h4-9H,1-3H3. The van der Waals surface area contributed by atoms with Gasteiger partial charge in [-0.25, -0.2) is 4.98 Å². The molecule has 0 fully saturated rings. The normalized spacial score (nSPS) is 11.0. The minimum Gasteiger partial charge on any atom is -0.497 e. The number of pyridine rings is 1. The lowest BCUT2D eigenvalue weighted by atomic mass is 10.1. The molecular weight excluding hydrogens is 316 g/mol. The molecule has 4 heteroatoms. The van der Waals surface area contributed by atoms with E-state index in [-0.39, 0.29) is 0 Å². The van der Waals surface area contributed by atoms with Crippen LogP contribution in [0.1, 0.15) is 11.3 Å². The summed E-state index contributed by atoms with van der Waals surface area (Å²) < 4.78 is 8.38. The van der Waals surface area contributed by atoms with Gasteiger partial charge in [0.25, 0.3) is 0 Å². The highest BCUT2D eigenvalue weighted by Crippen LogP contribution is 2.28. The molecule has 0 saturated heterocycles. The maximum Gasteiger partial charge on any atom is 0.140 e. The van der Waals surface area contributed by atoms with Gasteiger partial charge in [0, 0.05) is 21.9 Å². The summed E-state index contributed by atoms with van der Waals surface area (Å²) in [6.07, 6.45) is 2.05. The quantitative estimate of drug-likeness (QED) is 0.696. The van der Waals surface area contributed by atoms with Crippen LogP contribution < -0.4 is 4.74 Å². The number of rotatable bonds is 2. The Labute approximate surface area is 126 Å². The highest BCUT2D eigenvalue weighted by atomic mass is 79.9. The van der Waals surface area contributed by atoms with Crippen LogP contribution in [0.15, 0.2) is 41.0 Å². The van der Waals surface area contributed by atoms with Crippen LogP contribution in [0.2, 0.25) is 0 Å². The van der Waals surface area contributed by atoms with E-state index in [4.69, 9.17) is 9.72 Å². The second kappa shape index (κ2) is 4.94. The van der Waals surface area contributed by atoms with Crippen molar-refractivity contribution in [2.75, 3.05) is 7.11 Å². The Bertz CT molecular complexity index is 775. The number of methoxy groups -OCH3 is 1. The van der Waals surface area contributed by atoms with Gasteiger partial charge >= 0.3 is 0 Å². The topological polar surface area (TPSA) is 26.5 Å². The fourth-order valence-electron chi connectivity index (χ4n) is 2.40. The van der Waals surface area contributed by atoms with Crippen LogP contribution in [-0.2, 0) is 0 Å². The molecule has 0 radical (unpaired) electrons. The van der Waals surface area contributed by atoms with E-state index in [0.717, 1.165) is 38.4 Å². The molecule has 0 spiro atoms. The molecule has 0 bridgehead atoms. The molecule has 3 aromatic rings. The number of halogens is 1. The first-order chi connectivity index (χ1) is 9.60. The van der Waals surface area contributed by atoms with Gasteiger partial charge in [-0.2, -0.15) is 0 Å². The maximum atomic E-state index is 5.20. The van der Waals surface area contributed by atoms with Crippen LogP contribution in [0.3, 0.4) is 0 Å². The average Bonchev–Trinajstić information content (AvgIpc) is 2.77. The minimum absolute atomic E-state index is 0.856. The number of aryl methyl sites for hydroxylation is 2. The third-order valence-electron chi connectivity index (χ3n) is 3.47. The molecule has 20 heavy (non-hydrogen) atoms. The lowest BCUT2D eigenvalue weighted by Gasteiger charge is -2.02. The smallest absolute Gasteiger partial charge is 0.140 e. The summed E-state index contributed by atoms with van der Waals surface area (Å²) in [6, 6.07) is 10.1. The molecule has 3 rings (SSSR count). The van der Waals surface area contributed by atoms with Gasteiger partial charge in [-0.05, 0) is 65.7 Å². The van der Waals surface area contributed by atoms with Crippen LogP contribution in [0.5, 0.6) is 5.75 Å². The van der Waals surface area contributed by atoms with Crippen molar-refractivity contribution >= 4 is 21.6 Å². The minimum atomic E-state index is 0.856. The van der Waals surface area contributed by atoms with E-state index >= 15 is 0 Å². The van der Waals surface area contributed by atoms with Gasteiger partial charge in [0.1, 0.15) is 11.4 Å². The summed E-state index contributed by atoms with van der Waals surface area (Å²) in [5.74, 6) is 0.856. The predicted molar refractivity (Wildman–Crippen MR) is 84.4 cm³/mol. The molecule has 0 amide bonds. The van der Waals surface area contributed by atoms with Gasteiger partial charge in [-0.3, -0.25) is 0 Å². The first-order valence-corrected chi connectivity index (χ1v) is 7.18. The van der Waals surface area contributed by atoms with Crippen LogP contribution in [0, 0.1) is 13.8 Å². The average molecular weight is 331 g/mol. The summed E-state index contributed by atoms with van der Waals surface area (Å²) in [7, 11) is 1.67. The molecule has 2 heterocycles. The summed E-state index contributed by atoms with van der Waals surface area (Å²) >= 11 is 3.54. The molecule has 0 saturated carbocycles. The third-order valence-corrected chi connectivity index (χ3v) is 3.91. The van der Waals surface area contributed by atoms with Crippen molar-refractivity contribution in [3.05, 3.63) is 52.3 Å². The molecule has 0 unspecified atom stereocenters. The molecule has 0 aliphatic heterocycles. The number of nitrogens with zero attached hydrogens (tertiary/aromatic N) is 2. The monoisotopic (exact) mass is 330 g/mol. The van der Waals surface area contributed by atoms with E-state index < -0.39 is 0 Å². The van der Waals surface area contributed by atoms with Gasteiger partial charge in [-0.15, -0.1) is 0 Å². The molecule has 2 aromatic heterocycles. The summed E-state index contributed by atoms with van der Waals surface area (Å²) in [5.41, 5.74) is 5.39. The van der Waals surface area contributed by atoms with E-state index in [2.05, 4.69) is 46.4 Å². The molecular formula is C16H15BrN2O. The van der Waals surface area contributed by atoms with Crippen molar-refractivity contribution in [3.63, 3.8) is 0 Å². The highest BCUT2D eigenvalue weighted by Gasteiger charge is 2.12. The second-order valence-electron chi connectivity index (χ2n) is 4.81. The van der Waals surface area contributed by atoms with Gasteiger partial charge in [0.05, 0.1) is 12.8 Å².